The molecule has 2 rings (SSSR count). The van der Waals surface area contributed by atoms with Crippen molar-refractivity contribution in [3.8, 4) is 0 Å². The molecule has 7 nitrogen and oxygen atoms in total. The van der Waals surface area contributed by atoms with Gasteiger partial charge < -0.3 is 15.5 Å². The van der Waals surface area contributed by atoms with E-state index < -0.39 is 11.8 Å². The zero-order valence-electron chi connectivity index (χ0n) is 9.93. The van der Waals surface area contributed by atoms with Crippen molar-refractivity contribution in [2.75, 3.05) is 26.2 Å². The number of hydrogen-bond acceptors (Lipinski definition) is 5. The fraction of sp³-hybridized carbons (Fsp3) is 0.455. The lowest BCUT2D eigenvalue weighted by Gasteiger charge is -2.26. The molecule has 18 heavy (non-hydrogen) atoms. The first-order valence-electron chi connectivity index (χ1n) is 5.80. The van der Waals surface area contributed by atoms with Crippen LogP contribution in [0.1, 0.15) is 5.69 Å². The summed E-state index contributed by atoms with van der Waals surface area (Å²) >= 11 is 0. The van der Waals surface area contributed by atoms with Crippen molar-refractivity contribution in [2.24, 2.45) is 0 Å². The number of nitrogens with one attached hydrogen (secondary N) is 2. The summed E-state index contributed by atoms with van der Waals surface area (Å²) in [5.41, 5.74) is 0.673. The van der Waals surface area contributed by atoms with Crippen molar-refractivity contribution in [1.82, 2.24) is 25.5 Å². The van der Waals surface area contributed by atoms with E-state index in [2.05, 4.69) is 20.6 Å². The monoisotopic (exact) mass is 249 g/mol. The third-order valence-corrected chi connectivity index (χ3v) is 2.67. The van der Waals surface area contributed by atoms with Gasteiger partial charge >= 0.3 is 11.8 Å². The molecule has 1 aromatic rings. The summed E-state index contributed by atoms with van der Waals surface area (Å²) in [6.07, 6.45) is 2.99. The zero-order chi connectivity index (χ0) is 12.8. The summed E-state index contributed by atoms with van der Waals surface area (Å²) < 4.78 is 0. The molecule has 0 unspecified atom stereocenters. The molecular weight excluding hydrogens is 234 g/mol. The van der Waals surface area contributed by atoms with Crippen molar-refractivity contribution >= 4 is 11.8 Å². The summed E-state index contributed by atoms with van der Waals surface area (Å²) in [6, 6.07) is 1.69. The van der Waals surface area contributed by atoms with Crippen LogP contribution in [0.2, 0.25) is 0 Å². The van der Waals surface area contributed by atoms with Crippen molar-refractivity contribution < 1.29 is 9.59 Å². The van der Waals surface area contributed by atoms with Crippen molar-refractivity contribution in [1.29, 1.82) is 0 Å². The van der Waals surface area contributed by atoms with E-state index in [0.29, 0.717) is 18.8 Å². The topological polar surface area (TPSA) is 87.2 Å². The molecule has 0 atom stereocenters. The average Bonchev–Trinajstić information content (AvgIpc) is 2.46. The first-order valence-corrected chi connectivity index (χ1v) is 5.80. The second kappa shape index (κ2) is 6.06. The smallest absolute Gasteiger partial charge is 0.311 e. The Kier molecular flexibility index (Phi) is 4.19. The van der Waals surface area contributed by atoms with Crippen LogP contribution in [0.5, 0.6) is 0 Å². The number of hydrogen-bond donors (Lipinski definition) is 2. The van der Waals surface area contributed by atoms with Crippen LogP contribution in [-0.2, 0) is 16.1 Å². The van der Waals surface area contributed by atoms with E-state index in [9.17, 15) is 9.59 Å². The summed E-state index contributed by atoms with van der Waals surface area (Å²) in [6.45, 7) is 2.83. The van der Waals surface area contributed by atoms with Gasteiger partial charge in [-0.3, -0.25) is 9.59 Å². The highest BCUT2D eigenvalue weighted by atomic mass is 16.2. The molecule has 1 aliphatic heterocycles. The minimum absolute atomic E-state index is 0.235. The third kappa shape index (κ3) is 3.24. The van der Waals surface area contributed by atoms with Crippen LogP contribution in [0.15, 0.2) is 18.6 Å². The number of piperazine rings is 1. The molecule has 1 saturated heterocycles. The van der Waals surface area contributed by atoms with E-state index in [1.165, 1.54) is 6.33 Å². The zero-order valence-corrected chi connectivity index (χ0v) is 9.93. The Morgan fingerprint density at radius 3 is 2.83 bits per heavy atom. The lowest BCUT2D eigenvalue weighted by Crippen LogP contribution is -2.51. The summed E-state index contributed by atoms with van der Waals surface area (Å²) in [7, 11) is 0. The SMILES string of the molecule is O=C(NCc1ccncn1)C(=O)N1CCNCC1. The molecule has 2 heterocycles. The minimum Gasteiger partial charge on any atom is -0.342 e. The van der Waals surface area contributed by atoms with Gasteiger partial charge in [0.05, 0.1) is 12.2 Å². The highest BCUT2D eigenvalue weighted by Gasteiger charge is 2.22. The molecule has 0 radical (unpaired) electrons. The van der Waals surface area contributed by atoms with Crippen molar-refractivity contribution in [3.63, 3.8) is 0 Å². The van der Waals surface area contributed by atoms with Gasteiger partial charge in [-0.2, -0.15) is 0 Å². The van der Waals surface area contributed by atoms with Crippen LogP contribution in [0.3, 0.4) is 0 Å². The molecule has 1 fully saturated rings. The quantitative estimate of drug-likeness (QED) is 0.624. The van der Waals surface area contributed by atoms with Crippen LogP contribution in [0.4, 0.5) is 0 Å². The Labute approximate surface area is 105 Å². The number of amides is 2. The van der Waals surface area contributed by atoms with Crippen molar-refractivity contribution in [2.45, 2.75) is 6.54 Å². The minimum atomic E-state index is -0.587. The second-order valence-electron chi connectivity index (χ2n) is 3.93. The molecule has 2 N–H and O–H groups in total. The van der Waals surface area contributed by atoms with E-state index in [-0.39, 0.29) is 6.54 Å². The molecule has 0 aliphatic carbocycles. The maximum absolute atomic E-state index is 11.8. The van der Waals surface area contributed by atoms with Crippen LogP contribution >= 0.6 is 0 Å². The fourth-order valence-electron chi connectivity index (χ4n) is 1.68. The number of nitrogens with zero attached hydrogens (tertiary/aromatic N) is 3. The van der Waals surface area contributed by atoms with Gasteiger partial charge in [0.15, 0.2) is 0 Å². The van der Waals surface area contributed by atoms with E-state index >= 15 is 0 Å². The summed E-state index contributed by atoms with van der Waals surface area (Å²) in [5.74, 6) is -1.07. The van der Waals surface area contributed by atoms with Gasteiger partial charge in [0.25, 0.3) is 0 Å². The van der Waals surface area contributed by atoms with Gasteiger partial charge in [0.1, 0.15) is 6.33 Å². The van der Waals surface area contributed by atoms with Crippen LogP contribution in [0.25, 0.3) is 0 Å². The fourth-order valence-corrected chi connectivity index (χ4v) is 1.68. The molecule has 1 aliphatic rings. The van der Waals surface area contributed by atoms with Gasteiger partial charge in [-0.05, 0) is 6.07 Å². The van der Waals surface area contributed by atoms with Gasteiger partial charge in [0, 0.05) is 32.4 Å². The maximum atomic E-state index is 11.8. The lowest BCUT2D eigenvalue weighted by molar-refractivity contribution is -0.146. The molecule has 2 amide bonds. The highest BCUT2D eigenvalue weighted by Crippen LogP contribution is 1.95. The van der Waals surface area contributed by atoms with Gasteiger partial charge in [-0.15, -0.1) is 0 Å². The van der Waals surface area contributed by atoms with E-state index in [0.717, 1.165) is 13.1 Å². The predicted octanol–water partition coefficient (Wildman–Crippen LogP) is -1.48. The first-order chi connectivity index (χ1) is 8.77. The summed E-state index contributed by atoms with van der Waals surface area (Å²) in [5, 5.41) is 5.68. The Balaban J connectivity index is 1.82. The van der Waals surface area contributed by atoms with Gasteiger partial charge in [-0.25, -0.2) is 9.97 Å². The molecular formula is C11H15N5O2. The number of carbonyl (C=O) groups is 2. The average molecular weight is 249 g/mol. The van der Waals surface area contributed by atoms with E-state index in [4.69, 9.17) is 0 Å². The Morgan fingerprint density at radius 1 is 1.39 bits per heavy atom. The molecule has 0 spiro atoms. The van der Waals surface area contributed by atoms with Crippen LogP contribution in [-0.4, -0.2) is 52.9 Å². The Hall–Kier alpha value is -2.02. The largest absolute Gasteiger partial charge is 0.342 e. The third-order valence-electron chi connectivity index (χ3n) is 2.67. The molecule has 0 aromatic carbocycles. The molecule has 96 valence electrons. The van der Waals surface area contributed by atoms with Crippen LogP contribution < -0.4 is 10.6 Å². The maximum Gasteiger partial charge on any atom is 0.311 e. The van der Waals surface area contributed by atoms with E-state index in [1.54, 1.807) is 17.2 Å². The van der Waals surface area contributed by atoms with Crippen LogP contribution in [0, 0.1) is 0 Å². The Morgan fingerprint density at radius 2 is 2.17 bits per heavy atom. The molecule has 0 saturated carbocycles. The Bertz CT molecular complexity index is 417. The first kappa shape index (κ1) is 12.4. The van der Waals surface area contributed by atoms with Gasteiger partial charge in [0.2, 0.25) is 0 Å². The number of rotatable bonds is 2. The lowest BCUT2D eigenvalue weighted by atomic mass is 10.3. The normalized spacial score (nSPS) is 15.2. The van der Waals surface area contributed by atoms with Crippen molar-refractivity contribution in [3.05, 3.63) is 24.3 Å². The standard InChI is InChI=1S/C11H15N5O2/c17-10(11(18)16-5-3-12-4-6-16)14-7-9-1-2-13-8-15-9/h1-2,8,12H,3-7H2,(H,14,17). The summed E-state index contributed by atoms with van der Waals surface area (Å²) in [4.78, 5) is 32.7. The van der Waals surface area contributed by atoms with E-state index in [1.807, 2.05) is 0 Å². The number of carbonyl (C=O) groups excluding carboxylic acids is 2. The predicted molar refractivity (Wildman–Crippen MR) is 63.3 cm³/mol. The number of aromatic nitrogens is 2. The highest BCUT2D eigenvalue weighted by molar-refractivity contribution is 6.34. The molecule has 7 heteroatoms. The molecule has 1 aromatic heterocycles. The van der Waals surface area contributed by atoms with Gasteiger partial charge in [-0.1, -0.05) is 0 Å². The second-order valence-corrected chi connectivity index (χ2v) is 3.93. The molecule has 0 bridgehead atoms.